The summed E-state index contributed by atoms with van der Waals surface area (Å²) < 4.78 is 13.1. The average molecular weight is 215 g/mol. The lowest BCUT2D eigenvalue weighted by molar-refractivity contribution is 0.629. The van der Waals surface area contributed by atoms with Crippen LogP contribution in [0.2, 0.25) is 0 Å². The molecule has 1 N–H and O–H groups in total. The highest BCUT2D eigenvalue weighted by molar-refractivity contribution is 5.92. The van der Waals surface area contributed by atoms with Crippen molar-refractivity contribution in [3.8, 4) is 0 Å². The number of H-pyrrole nitrogens is 1. The Morgan fingerprint density at radius 3 is 2.94 bits per heavy atom. The van der Waals surface area contributed by atoms with Gasteiger partial charge in [-0.3, -0.25) is 0 Å². The third-order valence-corrected chi connectivity index (χ3v) is 3.28. The van der Waals surface area contributed by atoms with E-state index in [0.717, 1.165) is 17.3 Å². The second kappa shape index (κ2) is 3.78. The van der Waals surface area contributed by atoms with Crippen molar-refractivity contribution in [2.24, 2.45) is 0 Å². The van der Waals surface area contributed by atoms with Crippen molar-refractivity contribution in [3.63, 3.8) is 0 Å². The van der Waals surface area contributed by atoms with Crippen LogP contribution in [0.5, 0.6) is 0 Å². The number of aromatic amines is 1. The van der Waals surface area contributed by atoms with Crippen molar-refractivity contribution in [1.29, 1.82) is 0 Å². The number of nitrogens with one attached hydrogen (secondary N) is 1. The molecule has 1 aliphatic rings. The molecule has 16 heavy (non-hydrogen) atoms. The summed E-state index contributed by atoms with van der Waals surface area (Å²) in [5.41, 5.74) is 3.54. The normalized spacial score (nSPS) is 16.4. The van der Waals surface area contributed by atoms with E-state index in [1.165, 1.54) is 36.5 Å². The van der Waals surface area contributed by atoms with Crippen LogP contribution in [0.25, 0.3) is 16.5 Å². The topological polar surface area (TPSA) is 15.8 Å². The molecule has 0 fully saturated rings. The summed E-state index contributed by atoms with van der Waals surface area (Å²) in [6.07, 6.45) is 9.18. The summed E-state index contributed by atoms with van der Waals surface area (Å²) >= 11 is 0. The molecule has 0 amide bonds. The minimum absolute atomic E-state index is 0.182. The van der Waals surface area contributed by atoms with Gasteiger partial charge >= 0.3 is 0 Å². The van der Waals surface area contributed by atoms with Crippen molar-refractivity contribution in [1.82, 2.24) is 4.98 Å². The van der Waals surface area contributed by atoms with Crippen LogP contribution in [0.1, 0.15) is 31.2 Å². The maximum Gasteiger partial charge on any atom is 0.125 e. The van der Waals surface area contributed by atoms with Crippen LogP contribution in [-0.2, 0) is 0 Å². The van der Waals surface area contributed by atoms with Gasteiger partial charge in [0.1, 0.15) is 5.82 Å². The molecule has 1 aromatic carbocycles. The van der Waals surface area contributed by atoms with Crippen LogP contribution >= 0.6 is 0 Å². The van der Waals surface area contributed by atoms with E-state index in [4.69, 9.17) is 0 Å². The Morgan fingerprint density at radius 1 is 1.19 bits per heavy atom. The second-order valence-corrected chi connectivity index (χ2v) is 4.37. The second-order valence-electron chi connectivity index (χ2n) is 4.37. The molecule has 0 bridgehead atoms. The number of rotatable bonds is 1. The van der Waals surface area contributed by atoms with E-state index in [2.05, 4.69) is 11.1 Å². The lowest BCUT2D eigenvalue weighted by Gasteiger charge is -2.11. The van der Waals surface area contributed by atoms with E-state index < -0.39 is 0 Å². The van der Waals surface area contributed by atoms with Gasteiger partial charge in [-0.1, -0.05) is 6.08 Å². The number of allylic oxidation sites excluding steroid dienone is 2. The van der Waals surface area contributed by atoms with Crippen LogP contribution in [0.3, 0.4) is 0 Å². The molecule has 1 nitrogen and oxygen atoms in total. The van der Waals surface area contributed by atoms with Crippen LogP contribution in [0.15, 0.2) is 30.5 Å². The zero-order chi connectivity index (χ0) is 11.0. The average Bonchev–Trinajstić information content (AvgIpc) is 2.73. The molecule has 0 saturated carbocycles. The maximum atomic E-state index is 13.1. The van der Waals surface area contributed by atoms with Gasteiger partial charge in [0.15, 0.2) is 0 Å². The Labute approximate surface area is 94.0 Å². The smallest absolute Gasteiger partial charge is 0.125 e. The third-order valence-electron chi connectivity index (χ3n) is 3.28. The van der Waals surface area contributed by atoms with Gasteiger partial charge in [0.25, 0.3) is 0 Å². The summed E-state index contributed by atoms with van der Waals surface area (Å²) in [6.45, 7) is 0. The molecule has 1 heterocycles. The number of halogens is 1. The molecular formula is C14H14FN. The standard InChI is InChI=1S/C14H14FN/c15-11-6-7-12-13(9-16-14(12)8-11)10-4-2-1-3-5-10/h4,6-9,16H,1-3,5H2. The van der Waals surface area contributed by atoms with E-state index in [1.54, 1.807) is 6.07 Å². The number of aromatic nitrogens is 1. The van der Waals surface area contributed by atoms with E-state index in [0.29, 0.717) is 0 Å². The molecule has 3 rings (SSSR count). The molecule has 82 valence electrons. The SMILES string of the molecule is Fc1ccc2c(C3=CCCCC3)c[nH]c2c1. The summed E-state index contributed by atoms with van der Waals surface area (Å²) in [5, 5.41) is 1.13. The van der Waals surface area contributed by atoms with Crippen LogP contribution in [0, 0.1) is 5.82 Å². The van der Waals surface area contributed by atoms with Gasteiger partial charge < -0.3 is 4.98 Å². The van der Waals surface area contributed by atoms with Crippen molar-refractivity contribution >= 4 is 16.5 Å². The maximum absolute atomic E-state index is 13.1. The first kappa shape index (κ1) is 9.64. The van der Waals surface area contributed by atoms with Gasteiger partial charge in [0.05, 0.1) is 0 Å². The summed E-state index contributed by atoms with van der Waals surface area (Å²) in [4.78, 5) is 3.15. The van der Waals surface area contributed by atoms with E-state index in [9.17, 15) is 4.39 Å². The predicted octanol–water partition coefficient (Wildman–Crippen LogP) is 4.26. The molecule has 0 unspecified atom stereocenters. The van der Waals surface area contributed by atoms with Crippen LogP contribution in [0.4, 0.5) is 4.39 Å². The quantitative estimate of drug-likeness (QED) is 0.731. The monoisotopic (exact) mass is 215 g/mol. The third kappa shape index (κ3) is 1.54. The van der Waals surface area contributed by atoms with E-state index >= 15 is 0 Å². The van der Waals surface area contributed by atoms with Crippen molar-refractivity contribution in [2.45, 2.75) is 25.7 Å². The fraction of sp³-hybridized carbons (Fsp3) is 0.286. The van der Waals surface area contributed by atoms with Crippen molar-refractivity contribution in [3.05, 3.63) is 41.9 Å². The van der Waals surface area contributed by atoms with Gasteiger partial charge in [-0.2, -0.15) is 0 Å². The molecule has 1 aromatic heterocycles. The summed E-state index contributed by atoms with van der Waals surface area (Å²) in [7, 11) is 0. The highest BCUT2D eigenvalue weighted by Crippen LogP contribution is 2.31. The molecule has 0 saturated heterocycles. The summed E-state index contributed by atoms with van der Waals surface area (Å²) in [5.74, 6) is -0.182. The van der Waals surface area contributed by atoms with Crippen molar-refractivity contribution < 1.29 is 4.39 Å². The van der Waals surface area contributed by atoms with E-state index in [1.807, 2.05) is 12.3 Å². The number of fused-ring (bicyclic) bond motifs is 1. The number of hydrogen-bond acceptors (Lipinski definition) is 0. The minimum Gasteiger partial charge on any atom is -0.360 e. The first-order valence-electron chi connectivity index (χ1n) is 5.80. The minimum atomic E-state index is -0.182. The predicted molar refractivity (Wildman–Crippen MR) is 64.7 cm³/mol. The van der Waals surface area contributed by atoms with Gasteiger partial charge in [-0.15, -0.1) is 0 Å². The summed E-state index contributed by atoms with van der Waals surface area (Å²) in [6, 6.07) is 4.96. The fourth-order valence-corrected chi connectivity index (χ4v) is 2.45. The molecule has 0 aliphatic heterocycles. The highest BCUT2D eigenvalue weighted by atomic mass is 19.1. The molecule has 2 heteroatoms. The Bertz CT molecular complexity index is 551. The van der Waals surface area contributed by atoms with Gasteiger partial charge in [0.2, 0.25) is 0 Å². The number of benzene rings is 1. The Morgan fingerprint density at radius 2 is 2.12 bits per heavy atom. The Kier molecular flexibility index (Phi) is 2.28. The first-order chi connectivity index (χ1) is 7.84. The van der Waals surface area contributed by atoms with Crippen LogP contribution < -0.4 is 0 Å². The molecule has 0 radical (unpaired) electrons. The van der Waals surface area contributed by atoms with E-state index in [-0.39, 0.29) is 5.82 Å². The van der Waals surface area contributed by atoms with Crippen molar-refractivity contribution in [2.75, 3.05) is 0 Å². The van der Waals surface area contributed by atoms with Gasteiger partial charge in [-0.25, -0.2) is 4.39 Å². The molecular weight excluding hydrogens is 201 g/mol. The Hall–Kier alpha value is -1.57. The largest absolute Gasteiger partial charge is 0.360 e. The zero-order valence-corrected chi connectivity index (χ0v) is 9.09. The fourth-order valence-electron chi connectivity index (χ4n) is 2.45. The highest BCUT2D eigenvalue weighted by Gasteiger charge is 2.11. The Balaban J connectivity index is 2.13. The molecule has 0 atom stereocenters. The number of hydrogen-bond donors (Lipinski definition) is 1. The lowest BCUT2D eigenvalue weighted by atomic mass is 9.93. The van der Waals surface area contributed by atoms with Gasteiger partial charge in [-0.05, 0) is 49.5 Å². The molecule has 0 spiro atoms. The molecule has 1 aliphatic carbocycles. The lowest BCUT2D eigenvalue weighted by Crippen LogP contribution is -1.90. The molecule has 2 aromatic rings. The van der Waals surface area contributed by atoms with Gasteiger partial charge in [0, 0.05) is 22.7 Å². The van der Waals surface area contributed by atoms with Crippen LogP contribution in [-0.4, -0.2) is 4.98 Å². The zero-order valence-electron chi connectivity index (χ0n) is 9.09. The first-order valence-corrected chi connectivity index (χ1v) is 5.80.